The molecule has 3 aromatic heterocycles. The Labute approximate surface area is 198 Å². The molecule has 0 saturated carbocycles. The summed E-state index contributed by atoms with van der Waals surface area (Å²) in [6.07, 6.45) is 5.09. The molecule has 10 heteroatoms. The maximum atomic E-state index is 5.73. The normalized spacial score (nSPS) is 11.8. The molecule has 0 saturated heterocycles. The van der Waals surface area contributed by atoms with Crippen molar-refractivity contribution in [2.45, 2.75) is 51.9 Å². The summed E-state index contributed by atoms with van der Waals surface area (Å²) in [5, 5.41) is 18.9. The average Bonchev–Trinajstić information content (AvgIpc) is 3.55. The number of benzene rings is 1. The molecule has 1 N–H and O–H groups in total. The lowest BCUT2D eigenvalue weighted by Crippen LogP contribution is -2.32. The molecule has 4 aromatic rings. The van der Waals surface area contributed by atoms with Gasteiger partial charge in [-0.05, 0) is 34.0 Å². The predicted octanol–water partition coefficient (Wildman–Crippen LogP) is 3.77. The van der Waals surface area contributed by atoms with Gasteiger partial charge in [-0.25, -0.2) is 14.8 Å². The minimum Gasteiger partial charge on any atom is -0.347 e. The molecule has 3 heterocycles. The number of H-pyrrole nitrogens is 1. The monoisotopic (exact) mass is 462 g/mol. The molecule has 0 aliphatic heterocycles. The van der Waals surface area contributed by atoms with Crippen LogP contribution in [0.5, 0.6) is 0 Å². The van der Waals surface area contributed by atoms with Crippen LogP contribution in [0.1, 0.15) is 50.3 Å². The number of methoxy groups -OCH3 is 2. The molecular formula is C24H30N8O2. The molecule has 1 aromatic carbocycles. The van der Waals surface area contributed by atoms with E-state index in [9.17, 15) is 0 Å². The molecule has 0 aliphatic rings. The Hall–Kier alpha value is -3.50. The van der Waals surface area contributed by atoms with E-state index in [0.29, 0.717) is 30.3 Å². The predicted molar refractivity (Wildman–Crippen MR) is 127 cm³/mol. The van der Waals surface area contributed by atoms with E-state index in [0.717, 1.165) is 41.8 Å². The van der Waals surface area contributed by atoms with Gasteiger partial charge < -0.3 is 9.47 Å². The molecule has 0 unspecified atom stereocenters. The Balaban J connectivity index is 1.62. The summed E-state index contributed by atoms with van der Waals surface area (Å²) in [4.78, 5) is 9.26. The lowest BCUT2D eigenvalue weighted by Gasteiger charge is -2.27. The molecule has 0 aliphatic carbocycles. The average molecular weight is 463 g/mol. The third-order valence-electron chi connectivity index (χ3n) is 5.78. The number of rotatable bonds is 11. The standard InChI is InChI=1S/C24H30N8O2/c1-5-8-20-26-23(24(33-3,34-4)14-6-2)29-32(20)16-17-10-12-18(13-11-17)19-9-7-15-25-21(19)22-27-30-31-28-22/h7,9-13,15H,5-6,8,14,16H2,1-4H3,(H,27,28,30,31). The zero-order chi connectivity index (χ0) is 24.0. The number of hydrogen-bond donors (Lipinski definition) is 1. The Morgan fingerprint density at radius 1 is 1.03 bits per heavy atom. The van der Waals surface area contributed by atoms with Gasteiger partial charge in [0.2, 0.25) is 11.6 Å². The maximum absolute atomic E-state index is 5.73. The van der Waals surface area contributed by atoms with E-state index in [4.69, 9.17) is 19.6 Å². The van der Waals surface area contributed by atoms with Gasteiger partial charge in [0.15, 0.2) is 5.82 Å². The Bertz CT molecular complexity index is 1180. The zero-order valence-electron chi connectivity index (χ0n) is 20.0. The summed E-state index contributed by atoms with van der Waals surface area (Å²) in [5.41, 5.74) is 3.79. The van der Waals surface area contributed by atoms with Gasteiger partial charge in [-0.3, -0.25) is 4.98 Å². The van der Waals surface area contributed by atoms with E-state index in [1.807, 2.05) is 16.8 Å². The number of pyridine rings is 1. The van der Waals surface area contributed by atoms with Crippen LogP contribution in [0.4, 0.5) is 0 Å². The van der Waals surface area contributed by atoms with E-state index in [1.165, 1.54) is 0 Å². The number of aryl methyl sites for hydroxylation is 1. The van der Waals surface area contributed by atoms with Crippen LogP contribution in [0, 0.1) is 0 Å². The van der Waals surface area contributed by atoms with Gasteiger partial charge in [-0.15, -0.1) is 10.2 Å². The van der Waals surface area contributed by atoms with Crippen LogP contribution in [0.25, 0.3) is 22.6 Å². The van der Waals surface area contributed by atoms with Gasteiger partial charge in [0, 0.05) is 38.8 Å². The molecule has 0 bridgehead atoms. The third kappa shape index (κ3) is 4.73. The van der Waals surface area contributed by atoms with Crippen LogP contribution >= 0.6 is 0 Å². The van der Waals surface area contributed by atoms with Crippen molar-refractivity contribution in [3.05, 3.63) is 59.8 Å². The second-order valence-electron chi connectivity index (χ2n) is 8.02. The van der Waals surface area contributed by atoms with Crippen LogP contribution in [0.3, 0.4) is 0 Å². The number of nitrogens with zero attached hydrogens (tertiary/aromatic N) is 7. The van der Waals surface area contributed by atoms with Crippen molar-refractivity contribution in [2.24, 2.45) is 0 Å². The van der Waals surface area contributed by atoms with Crippen molar-refractivity contribution in [3.63, 3.8) is 0 Å². The number of tetrazole rings is 1. The van der Waals surface area contributed by atoms with E-state index in [1.54, 1.807) is 20.4 Å². The van der Waals surface area contributed by atoms with Crippen molar-refractivity contribution < 1.29 is 9.47 Å². The fourth-order valence-electron chi connectivity index (χ4n) is 4.03. The van der Waals surface area contributed by atoms with Gasteiger partial charge >= 0.3 is 0 Å². The number of nitrogens with one attached hydrogen (secondary N) is 1. The fourth-order valence-corrected chi connectivity index (χ4v) is 4.03. The van der Waals surface area contributed by atoms with Crippen molar-refractivity contribution in [1.82, 2.24) is 40.4 Å². The quantitative estimate of drug-likeness (QED) is 0.335. The minimum absolute atomic E-state index is 0.533. The summed E-state index contributed by atoms with van der Waals surface area (Å²) in [6.45, 7) is 4.82. The maximum Gasteiger partial charge on any atom is 0.231 e. The minimum atomic E-state index is -0.932. The lowest BCUT2D eigenvalue weighted by molar-refractivity contribution is -0.225. The highest BCUT2D eigenvalue weighted by molar-refractivity contribution is 5.77. The van der Waals surface area contributed by atoms with E-state index >= 15 is 0 Å². The zero-order valence-corrected chi connectivity index (χ0v) is 20.0. The first kappa shape index (κ1) is 23.7. The molecule has 34 heavy (non-hydrogen) atoms. The molecule has 178 valence electrons. The van der Waals surface area contributed by atoms with Crippen LogP contribution in [-0.4, -0.2) is 54.6 Å². The molecule has 0 atom stereocenters. The van der Waals surface area contributed by atoms with E-state index in [-0.39, 0.29) is 0 Å². The molecule has 0 spiro atoms. The first-order valence-electron chi connectivity index (χ1n) is 11.5. The van der Waals surface area contributed by atoms with Crippen molar-refractivity contribution in [1.29, 1.82) is 0 Å². The van der Waals surface area contributed by atoms with Crippen LogP contribution in [0.2, 0.25) is 0 Å². The highest BCUT2D eigenvalue weighted by Crippen LogP contribution is 2.30. The Morgan fingerprint density at radius 3 is 2.47 bits per heavy atom. The SMILES string of the molecule is CCCc1nc(C(CCC)(OC)OC)nn1Cc1ccc(-c2cccnc2-c2nnn[nH]2)cc1. The molecule has 0 fully saturated rings. The summed E-state index contributed by atoms with van der Waals surface area (Å²) in [7, 11) is 3.28. The molecule has 0 amide bonds. The van der Waals surface area contributed by atoms with Crippen LogP contribution < -0.4 is 0 Å². The summed E-state index contributed by atoms with van der Waals surface area (Å²) in [5.74, 6) is 1.09. The number of ether oxygens (including phenoxy) is 2. The summed E-state index contributed by atoms with van der Waals surface area (Å²) in [6, 6.07) is 12.2. The molecule has 4 rings (SSSR count). The van der Waals surface area contributed by atoms with E-state index < -0.39 is 5.79 Å². The van der Waals surface area contributed by atoms with Crippen LogP contribution in [-0.2, 0) is 28.2 Å². The smallest absolute Gasteiger partial charge is 0.231 e. The second-order valence-corrected chi connectivity index (χ2v) is 8.02. The highest BCUT2D eigenvalue weighted by Gasteiger charge is 2.36. The fraction of sp³-hybridized carbons (Fsp3) is 0.417. The molecular weight excluding hydrogens is 432 g/mol. The third-order valence-corrected chi connectivity index (χ3v) is 5.78. The van der Waals surface area contributed by atoms with Crippen molar-refractivity contribution in [2.75, 3.05) is 14.2 Å². The first-order valence-corrected chi connectivity index (χ1v) is 11.5. The molecule has 0 radical (unpaired) electrons. The topological polar surface area (TPSA) is 117 Å². The van der Waals surface area contributed by atoms with Gasteiger partial charge in [-0.1, -0.05) is 50.6 Å². The van der Waals surface area contributed by atoms with Gasteiger partial charge in [-0.2, -0.15) is 0 Å². The second kappa shape index (κ2) is 10.6. The Morgan fingerprint density at radius 2 is 1.82 bits per heavy atom. The number of aromatic nitrogens is 8. The summed E-state index contributed by atoms with van der Waals surface area (Å²) < 4.78 is 13.4. The van der Waals surface area contributed by atoms with Crippen molar-refractivity contribution >= 4 is 0 Å². The molecule has 10 nitrogen and oxygen atoms in total. The Kier molecular flexibility index (Phi) is 7.39. The lowest BCUT2D eigenvalue weighted by atomic mass is 10.0. The van der Waals surface area contributed by atoms with Crippen LogP contribution in [0.15, 0.2) is 42.6 Å². The summed E-state index contributed by atoms with van der Waals surface area (Å²) >= 11 is 0. The van der Waals surface area contributed by atoms with Gasteiger partial charge in [0.25, 0.3) is 0 Å². The van der Waals surface area contributed by atoms with E-state index in [2.05, 4.69) is 63.7 Å². The van der Waals surface area contributed by atoms with Gasteiger partial charge in [0.05, 0.1) is 6.54 Å². The highest BCUT2D eigenvalue weighted by atomic mass is 16.7. The van der Waals surface area contributed by atoms with Crippen molar-refractivity contribution in [3.8, 4) is 22.6 Å². The first-order chi connectivity index (χ1) is 16.6. The largest absolute Gasteiger partial charge is 0.347 e. The number of aromatic amines is 1. The number of hydrogen-bond acceptors (Lipinski definition) is 8. The van der Waals surface area contributed by atoms with Gasteiger partial charge in [0.1, 0.15) is 11.5 Å².